The minimum atomic E-state index is -3.82. The molecule has 1 amide bonds. The lowest BCUT2D eigenvalue weighted by Crippen LogP contribution is -2.39. The molecule has 1 unspecified atom stereocenters. The van der Waals surface area contributed by atoms with Gasteiger partial charge in [0.25, 0.3) is 0 Å². The van der Waals surface area contributed by atoms with E-state index >= 15 is 0 Å². The molecular weight excluding hydrogens is 428 g/mol. The van der Waals surface area contributed by atoms with Crippen LogP contribution in [-0.4, -0.2) is 37.7 Å². The summed E-state index contributed by atoms with van der Waals surface area (Å²) >= 11 is 6.16. The van der Waals surface area contributed by atoms with Gasteiger partial charge in [-0.3, -0.25) is 4.79 Å². The van der Waals surface area contributed by atoms with E-state index in [4.69, 9.17) is 22.1 Å². The van der Waals surface area contributed by atoms with Crippen LogP contribution in [0, 0.1) is 5.92 Å². The van der Waals surface area contributed by atoms with Gasteiger partial charge in [0, 0.05) is 18.7 Å². The molecule has 7 nitrogen and oxygen atoms in total. The Balaban J connectivity index is 1.78. The number of esters is 1. The van der Waals surface area contributed by atoms with Gasteiger partial charge >= 0.3 is 5.97 Å². The second-order valence-corrected chi connectivity index (χ2v) is 9.71. The molecule has 30 heavy (non-hydrogen) atoms. The molecule has 1 aliphatic heterocycles. The zero-order valence-electron chi connectivity index (χ0n) is 16.5. The number of benzene rings is 2. The maximum atomic E-state index is 13.1. The molecule has 2 aromatic rings. The Morgan fingerprint density at radius 1 is 1.20 bits per heavy atom. The number of rotatable bonds is 6. The van der Waals surface area contributed by atoms with Crippen molar-refractivity contribution in [2.45, 2.75) is 31.3 Å². The maximum absolute atomic E-state index is 13.1. The number of hydrogen-bond acceptors (Lipinski definition) is 5. The first-order chi connectivity index (χ1) is 14.2. The number of amides is 1. The minimum absolute atomic E-state index is 0.0546. The zero-order valence-corrected chi connectivity index (χ0v) is 18.1. The molecule has 2 N–H and O–H groups in total. The van der Waals surface area contributed by atoms with Crippen LogP contribution in [0.3, 0.4) is 0 Å². The molecule has 3 rings (SSSR count). The molecule has 0 spiro atoms. The van der Waals surface area contributed by atoms with E-state index in [9.17, 15) is 18.0 Å². The maximum Gasteiger partial charge on any atom is 0.338 e. The van der Waals surface area contributed by atoms with Crippen molar-refractivity contribution >= 4 is 33.5 Å². The Kier molecular flexibility index (Phi) is 6.80. The fourth-order valence-corrected chi connectivity index (χ4v) is 5.48. The van der Waals surface area contributed by atoms with Crippen molar-refractivity contribution in [3.8, 4) is 0 Å². The first-order valence-corrected chi connectivity index (χ1v) is 11.4. The number of carbonyl (C=O) groups excluding carboxylic acids is 2. The van der Waals surface area contributed by atoms with E-state index in [1.165, 1.54) is 28.6 Å². The van der Waals surface area contributed by atoms with Crippen molar-refractivity contribution in [3.05, 3.63) is 64.2 Å². The van der Waals surface area contributed by atoms with E-state index in [2.05, 4.69) is 0 Å². The third-order valence-corrected chi connectivity index (χ3v) is 7.33. The lowest BCUT2D eigenvalue weighted by Gasteiger charge is -2.30. The molecule has 160 valence electrons. The van der Waals surface area contributed by atoms with Crippen molar-refractivity contribution in [2.24, 2.45) is 11.7 Å². The molecular formula is C21H23ClN2O5S. The van der Waals surface area contributed by atoms with Crippen molar-refractivity contribution in [1.29, 1.82) is 0 Å². The van der Waals surface area contributed by atoms with Crippen molar-refractivity contribution < 1.29 is 22.7 Å². The topological polar surface area (TPSA) is 107 Å². The summed E-state index contributed by atoms with van der Waals surface area (Å²) in [6.07, 6.45) is 1.76. The molecule has 1 atom stereocenters. The number of nitrogens with zero attached hydrogens (tertiary/aromatic N) is 1. The van der Waals surface area contributed by atoms with Gasteiger partial charge < -0.3 is 10.5 Å². The summed E-state index contributed by atoms with van der Waals surface area (Å²) in [7, 11) is -3.82. The molecule has 1 fully saturated rings. The number of carbonyl (C=O) groups is 2. The van der Waals surface area contributed by atoms with Crippen LogP contribution in [0.2, 0.25) is 5.02 Å². The first-order valence-electron chi connectivity index (χ1n) is 9.54. The normalized spacial score (nSPS) is 17.5. The van der Waals surface area contributed by atoms with Crippen LogP contribution in [0.1, 0.15) is 46.0 Å². The second-order valence-electron chi connectivity index (χ2n) is 7.40. The van der Waals surface area contributed by atoms with Gasteiger partial charge in [-0.25, -0.2) is 13.2 Å². The number of halogens is 1. The second kappa shape index (κ2) is 9.16. The Morgan fingerprint density at radius 3 is 2.67 bits per heavy atom. The van der Waals surface area contributed by atoms with E-state index < -0.39 is 21.9 Å². The molecule has 0 saturated carbocycles. The highest BCUT2D eigenvalue weighted by molar-refractivity contribution is 7.89. The number of piperidine rings is 1. The average molecular weight is 451 g/mol. The molecule has 1 heterocycles. The summed E-state index contributed by atoms with van der Waals surface area (Å²) in [5, 5.41) is 0.0546. The number of nitrogens with two attached hydrogens (primary N) is 1. The van der Waals surface area contributed by atoms with Crippen LogP contribution in [-0.2, 0) is 21.4 Å². The van der Waals surface area contributed by atoms with Gasteiger partial charge in [-0.1, -0.05) is 30.7 Å². The summed E-state index contributed by atoms with van der Waals surface area (Å²) in [4.78, 5) is 23.7. The number of ether oxygens (including phenoxy) is 1. The van der Waals surface area contributed by atoms with Gasteiger partial charge in [-0.15, -0.1) is 0 Å². The molecule has 1 saturated heterocycles. The lowest BCUT2D eigenvalue weighted by molar-refractivity contribution is 0.0472. The highest BCUT2D eigenvalue weighted by Gasteiger charge is 2.31. The van der Waals surface area contributed by atoms with Crippen molar-refractivity contribution in [3.63, 3.8) is 0 Å². The van der Waals surface area contributed by atoms with E-state index in [1.807, 2.05) is 6.92 Å². The largest absolute Gasteiger partial charge is 0.457 e. The van der Waals surface area contributed by atoms with Crippen LogP contribution in [0.25, 0.3) is 0 Å². The summed E-state index contributed by atoms with van der Waals surface area (Å²) in [6.45, 7) is 2.76. The third kappa shape index (κ3) is 5.00. The van der Waals surface area contributed by atoms with Crippen LogP contribution in [0.5, 0.6) is 0 Å². The Bertz CT molecular complexity index is 1070. The van der Waals surface area contributed by atoms with E-state index in [1.54, 1.807) is 18.2 Å². The van der Waals surface area contributed by atoms with Gasteiger partial charge in [-0.05, 0) is 54.7 Å². The number of hydrogen-bond donors (Lipinski definition) is 1. The highest BCUT2D eigenvalue weighted by Crippen LogP contribution is 2.29. The van der Waals surface area contributed by atoms with Gasteiger partial charge in [-0.2, -0.15) is 4.31 Å². The van der Waals surface area contributed by atoms with Crippen molar-refractivity contribution in [1.82, 2.24) is 4.31 Å². The molecule has 0 bridgehead atoms. The minimum Gasteiger partial charge on any atom is -0.457 e. The average Bonchev–Trinajstić information content (AvgIpc) is 2.72. The van der Waals surface area contributed by atoms with E-state index in [-0.39, 0.29) is 28.0 Å². The molecule has 2 aromatic carbocycles. The summed E-state index contributed by atoms with van der Waals surface area (Å²) in [6, 6.07) is 10.5. The van der Waals surface area contributed by atoms with Crippen LogP contribution in [0.15, 0.2) is 47.4 Å². The molecule has 0 radical (unpaired) electrons. The third-order valence-electron chi connectivity index (χ3n) is 4.99. The SMILES string of the molecule is CC1CCCN(S(=O)(=O)c2cc(C(=O)OCc3cccc(C(N)=O)c3)ccc2Cl)C1. The fourth-order valence-electron chi connectivity index (χ4n) is 3.38. The first kappa shape index (κ1) is 22.3. The van der Waals surface area contributed by atoms with Gasteiger partial charge in [0.2, 0.25) is 15.9 Å². The van der Waals surface area contributed by atoms with Crippen LogP contribution < -0.4 is 5.73 Å². The fraction of sp³-hybridized carbons (Fsp3) is 0.333. The van der Waals surface area contributed by atoms with Crippen molar-refractivity contribution in [2.75, 3.05) is 13.1 Å². The summed E-state index contributed by atoms with van der Waals surface area (Å²) in [5.74, 6) is -1.01. The molecule has 0 aliphatic carbocycles. The number of sulfonamides is 1. The molecule has 9 heteroatoms. The summed E-state index contributed by atoms with van der Waals surface area (Å²) in [5.41, 5.74) is 6.22. The Labute approximate surface area is 180 Å². The van der Waals surface area contributed by atoms with Gasteiger partial charge in [0.1, 0.15) is 11.5 Å². The van der Waals surface area contributed by atoms with Gasteiger partial charge in [0.05, 0.1) is 10.6 Å². The summed E-state index contributed by atoms with van der Waals surface area (Å²) < 4.78 is 32.8. The number of primary amides is 1. The van der Waals surface area contributed by atoms with Crippen LogP contribution in [0.4, 0.5) is 0 Å². The highest BCUT2D eigenvalue weighted by atomic mass is 35.5. The zero-order chi connectivity index (χ0) is 21.9. The smallest absolute Gasteiger partial charge is 0.338 e. The predicted octanol–water partition coefficient (Wildman–Crippen LogP) is 3.22. The monoisotopic (exact) mass is 450 g/mol. The Hall–Kier alpha value is -2.42. The standard InChI is InChI=1S/C21H23ClN2O5S/c1-14-4-3-9-24(12-14)30(27,28)19-11-17(7-8-18(19)22)21(26)29-13-15-5-2-6-16(10-15)20(23)25/h2,5-8,10-11,14H,3-4,9,12-13H2,1H3,(H2,23,25). The molecule has 1 aliphatic rings. The molecule has 0 aromatic heterocycles. The lowest BCUT2D eigenvalue weighted by atomic mass is 10.0. The predicted molar refractivity (Wildman–Crippen MR) is 113 cm³/mol. The van der Waals surface area contributed by atoms with Gasteiger partial charge in [0.15, 0.2) is 0 Å². The Morgan fingerprint density at radius 2 is 1.97 bits per heavy atom. The van der Waals surface area contributed by atoms with E-state index in [0.29, 0.717) is 24.2 Å². The van der Waals surface area contributed by atoms with E-state index in [0.717, 1.165) is 12.8 Å². The van der Waals surface area contributed by atoms with Crippen LogP contribution >= 0.6 is 11.6 Å². The quantitative estimate of drug-likeness (QED) is 0.680.